The molecule has 4 rings (SSSR count). The summed E-state index contributed by atoms with van der Waals surface area (Å²) in [6.45, 7) is 2.48. The van der Waals surface area contributed by atoms with Crippen LogP contribution in [0.25, 0.3) is 0 Å². The maximum Gasteiger partial charge on any atom is 0.243 e. The molecule has 1 N–H and O–H groups in total. The molecule has 1 atom stereocenters. The Morgan fingerprint density at radius 3 is 2.53 bits per heavy atom. The van der Waals surface area contributed by atoms with Crippen LogP contribution >= 0.6 is 15.9 Å². The van der Waals surface area contributed by atoms with Gasteiger partial charge in [-0.3, -0.25) is 9.59 Å². The summed E-state index contributed by atoms with van der Waals surface area (Å²) in [5.74, 6) is -0.347. The fraction of sp³-hybridized carbons (Fsp3) is 0.333. The zero-order valence-corrected chi connectivity index (χ0v) is 18.9. The lowest BCUT2D eigenvalue weighted by Crippen LogP contribution is -2.43. The van der Waals surface area contributed by atoms with E-state index in [0.29, 0.717) is 31.6 Å². The molecule has 2 aliphatic heterocycles. The largest absolute Gasteiger partial charge is 0.325 e. The van der Waals surface area contributed by atoms with Gasteiger partial charge in [-0.1, -0.05) is 15.9 Å². The van der Waals surface area contributed by atoms with Crippen LogP contribution in [0.2, 0.25) is 0 Å². The number of halogens is 1. The molecule has 1 unspecified atom stereocenters. The zero-order chi connectivity index (χ0) is 21.5. The monoisotopic (exact) mass is 491 g/mol. The number of hydrogen-bond acceptors (Lipinski definition) is 4. The van der Waals surface area contributed by atoms with E-state index in [-0.39, 0.29) is 16.7 Å². The van der Waals surface area contributed by atoms with E-state index in [1.807, 2.05) is 12.1 Å². The van der Waals surface area contributed by atoms with Crippen LogP contribution in [0.15, 0.2) is 51.8 Å². The first kappa shape index (κ1) is 21.0. The summed E-state index contributed by atoms with van der Waals surface area (Å²) in [5.41, 5.74) is 2.46. The summed E-state index contributed by atoms with van der Waals surface area (Å²) >= 11 is 3.31. The normalized spacial score (nSPS) is 19.0. The van der Waals surface area contributed by atoms with Crippen LogP contribution in [0.3, 0.4) is 0 Å². The van der Waals surface area contributed by atoms with Gasteiger partial charge in [-0.2, -0.15) is 4.31 Å². The molecular weight excluding hydrogens is 470 g/mol. The van der Waals surface area contributed by atoms with E-state index in [2.05, 4.69) is 21.2 Å². The van der Waals surface area contributed by atoms with Gasteiger partial charge in [0.05, 0.1) is 4.90 Å². The number of nitrogens with one attached hydrogen (secondary N) is 1. The van der Waals surface area contributed by atoms with Gasteiger partial charge in [-0.05, 0) is 67.3 Å². The number of carbonyl (C=O) groups is 2. The minimum absolute atomic E-state index is 0.00900. The maximum absolute atomic E-state index is 13.1. The highest BCUT2D eigenvalue weighted by atomic mass is 79.9. The molecule has 1 fully saturated rings. The SMILES string of the molecule is CC(=O)N1CCc2cc(NC(=O)C3CCCN3S(=O)(=O)c3ccc(Br)cc3)ccc21. The predicted octanol–water partition coefficient (Wildman–Crippen LogP) is 3.15. The lowest BCUT2D eigenvalue weighted by Gasteiger charge is -2.23. The van der Waals surface area contributed by atoms with E-state index in [9.17, 15) is 18.0 Å². The number of anilines is 2. The van der Waals surface area contributed by atoms with Gasteiger partial charge in [-0.15, -0.1) is 0 Å². The van der Waals surface area contributed by atoms with Crippen molar-refractivity contribution in [2.75, 3.05) is 23.3 Å². The molecule has 0 spiro atoms. The van der Waals surface area contributed by atoms with Crippen molar-refractivity contribution in [3.63, 3.8) is 0 Å². The fourth-order valence-corrected chi connectivity index (χ4v) is 5.98. The predicted molar refractivity (Wildman–Crippen MR) is 118 cm³/mol. The van der Waals surface area contributed by atoms with E-state index in [1.54, 1.807) is 23.1 Å². The Bertz CT molecular complexity index is 1100. The van der Waals surface area contributed by atoms with Crippen molar-refractivity contribution in [2.24, 2.45) is 0 Å². The summed E-state index contributed by atoms with van der Waals surface area (Å²) < 4.78 is 28.2. The Kier molecular flexibility index (Phi) is 5.69. The van der Waals surface area contributed by atoms with Crippen molar-refractivity contribution in [3.05, 3.63) is 52.5 Å². The van der Waals surface area contributed by atoms with Gasteiger partial charge in [0.1, 0.15) is 6.04 Å². The second kappa shape index (κ2) is 8.13. The average molecular weight is 492 g/mol. The summed E-state index contributed by atoms with van der Waals surface area (Å²) in [6.07, 6.45) is 1.84. The van der Waals surface area contributed by atoms with Crippen molar-refractivity contribution >= 4 is 49.1 Å². The van der Waals surface area contributed by atoms with Crippen LogP contribution < -0.4 is 10.2 Å². The molecule has 2 amide bonds. The van der Waals surface area contributed by atoms with E-state index in [4.69, 9.17) is 0 Å². The molecule has 1 saturated heterocycles. The summed E-state index contributed by atoms with van der Waals surface area (Å²) in [5, 5.41) is 2.86. The maximum atomic E-state index is 13.1. The van der Waals surface area contributed by atoms with Gasteiger partial charge in [0.15, 0.2) is 0 Å². The number of rotatable bonds is 4. The lowest BCUT2D eigenvalue weighted by atomic mass is 10.1. The lowest BCUT2D eigenvalue weighted by molar-refractivity contribution is -0.119. The molecule has 2 aliphatic rings. The van der Waals surface area contributed by atoms with Gasteiger partial charge in [-0.25, -0.2) is 8.42 Å². The molecule has 158 valence electrons. The zero-order valence-electron chi connectivity index (χ0n) is 16.5. The van der Waals surface area contributed by atoms with Crippen LogP contribution in [-0.4, -0.2) is 43.7 Å². The molecule has 0 aromatic heterocycles. The summed E-state index contributed by atoms with van der Waals surface area (Å²) in [6, 6.07) is 11.1. The summed E-state index contributed by atoms with van der Waals surface area (Å²) in [4.78, 5) is 26.5. The molecule has 2 aromatic rings. The first-order chi connectivity index (χ1) is 14.3. The van der Waals surface area contributed by atoms with Crippen LogP contribution in [0.5, 0.6) is 0 Å². The number of carbonyl (C=O) groups excluding carboxylic acids is 2. The molecule has 0 radical (unpaired) electrons. The third-order valence-corrected chi connectivity index (χ3v) is 8.00. The van der Waals surface area contributed by atoms with Crippen LogP contribution in [0.4, 0.5) is 11.4 Å². The third kappa shape index (κ3) is 3.89. The molecule has 0 bridgehead atoms. The molecular formula is C21H22BrN3O4S. The van der Waals surface area contributed by atoms with Crippen LogP contribution in [-0.2, 0) is 26.0 Å². The Morgan fingerprint density at radius 2 is 1.83 bits per heavy atom. The fourth-order valence-electron chi connectivity index (χ4n) is 4.06. The highest BCUT2D eigenvalue weighted by molar-refractivity contribution is 9.10. The topological polar surface area (TPSA) is 86.8 Å². The number of amides is 2. The molecule has 2 heterocycles. The Hall–Kier alpha value is -2.23. The molecule has 0 aliphatic carbocycles. The average Bonchev–Trinajstić information content (AvgIpc) is 3.35. The first-order valence-electron chi connectivity index (χ1n) is 9.77. The van der Waals surface area contributed by atoms with Crippen molar-refractivity contribution in [3.8, 4) is 0 Å². The first-order valence-corrected chi connectivity index (χ1v) is 12.0. The minimum atomic E-state index is -3.76. The molecule has 0 saturated carbocycles. The standard InChI is InChI=1S/C21H22BrN3O4S/c1-14(26)24-12-10-15-13-17(6-9-19(15)24)23-21(27)20-3-2-11-25(20)30(28,29)18-7-4-16(22)5-8-18/h4-9,13,20H,2-3,10-12H2,1H3,(H,23,27). The number of sulfonamides is 1. The second-order valence-corrected chi connectivity index (χ2v) is 10.3. The highest BCUT2D eigenvalue weighted by Crippen LogP contribution is 2.32. The van der Waals surface area contributed by atoms with Gasteiger partial charge in [0.2, 0.25) is 21.8 Å². The number of nitrogens with zero attached hydrogens (tertiary/aromatic N) is 2. The van der Waals surface area contributed by atoms with Gasteiger partial charge >= 0.3 is 0 Å². The summed E-state index contributed by atoms with van der Waals surface area (Å²) in [7, 11) is -3.76. The molecule has 9 heteroatoms. The molecule has 30 heavy (non-hydrogen) atoms. The van der Waals surface area contributed by atoms with Gasteiger partial charge in [0, 0.05) is 35.9 Å². The molecule has 7 nitrogen and oxygen atoms in total. The van der Waals surface area contributed by atoms with Crippen LogP contribution in [0, 0.1) is 0 Å². The van der Waals surface area contributed by atoms with E-state index >= 15 is 0 Å². The van der Waals surface area contributed by atoms with Crippen molar-refractivity contribution in [1.82, 2.24) is 4.31 Å². The second-order valence-electron chi connectivity index (χ2n) is 7.48. The third-order valence-electron chi connectivity index (χ3n) is 5.55. The Morgan fingerprint density at radius 1 is 1.10 bits per heavy atom. The molecule has 2 aromatic carbocycles. The van der Waals surface area contributed by atoms with E-state index in [0.717, 1.165) is 22.1 Å². The minimum Gasteiger partial charge on any atom is -0.325 e. The number of hydrogen-bond donors (Lipinski definition) is 1. The number of fused-ring (bicyclic) bond motifs is 1. The van der Waals surface area contributed by atoms with Gasteiger partial charge in [0.25, 0.3) is 0 Å². The van der Waals surface area contributed by atoms with E-state index < -0.39 is 16.1 Å². The highest BCUT2D eigenvalue weighted by Gasteiger charge is 2.39. The van der Waals surface area contributed by atoms with Crippen LogP contribution in [0.1, 0.15) is 25.3 Å². The van der Waals surface area contributed by atoms with Crippen molar-refractivity contribution < 1.29 is 18.0 Å². The van der Waals surface area contributed by atoms with E-state index in [1.165, 1.54) is 23.4 Å². The Balaban J connectivity index is 1.52. The Labute approximate surface area is 184 Å². The van der Waals surface area contributed by atoms with Crippen molar-refractivity contribution in [2.45, 2.75) is 37.1 Å². The smallest absolute Gasteiger partial charge is 0.243 e. The van der Waals surface area contributed by atoms with Crippen molar-refractivity contribution in [1.29, 1.82) is 0 Å². The van der Waals surface area contributed by atoms with Gasteiger partial charge < -0.3 is 10.2 Å². The quantitative estimate of drug-likeness (QED) is 0.711. The number of benzene rings is 2.